The molecule has 1 aromatic heterocycles. The number of rotatable bonds is 5. The first-order valence-corrected chi connectivity index (χ1v) is 9.96. The van der Waals surface area contributed by atoms with E-state index in [2.05, 4.69) is 29.4 Å². The zero-order valence-electron chi connectivity index (χ0n) is 17.0. The van der Waals surface area contributed by atoms with Gasteiger partial charge in [0.05, 0.1) is 16.6 Å². The Morgan fingerprint density at radius 1 is 0.967 bits per heavy atom. The van der Waals surface area contributed by atoms with Crippen molar-refractivity contribution in [2.75, 3.05) is 6.54 Å². The lowest BCUT2D eigenvalue weighted by Crippen LogP contribution is -2.27. The van der Waals surface area contributed by atoms with Crippen molar-refractivity contribution in [3.63, 3.8) is 0 Å². The van der Waals surface area contributed by atoms with Gasteiger partial charge in [0, 0.05) is 12.1 Å². The summed E-state index contributed by atoms with van der Waals surface area (Å²) in [6, 6.07) is 24.4. The molecule has 0 saturated heterocycles. The molecule has 5 nitrogen and oxygen atoms in total. The molecule has 1 heterocycles. The minimum absolute atomic E-state index is 0.119. The molecule has 30 heavy (non-hydrogen) atoms. The zero-order valence-corrected chi connectivity index (χ0v) is 17.0. The van der Waals surface area contributed by atoms with Crippen LogP contribution in [0.2, 0.25) is 0 Å². The van der Waals surface area contributed by atoms with E-state index in [9.17, 15) is 9.59 Å². The number of benzene rings is 3. The number of para-hydroxylation sites is 1. The van der Waals surface area contributed by atoms with E-state index in [1.807, 2.05) is 36.4 Å². The molecule has 0 aliphatic carbocycles. The highest BCUT2D eigenvalue weighted by Crippen LogP contribution is 2.15. The summed E-state index contributed by atoms with van der Waals surface area (Å²) < 4.78 is 1.57. The van der Waals surface area contributed by atoms with Gasteiger partial charge in [0.1, 0.15) is 5.82 Å². The second-order valence-electron chi connectivity index (χ2n) is 7.39. The Morgan fingerprint density at radius 3 is 2.37 bits per heavy atom. The molecular formula is C25H23N3O2. The van der Waals surface area contributed by atoms with Crippen LogP contribution < -0.4 is 10.9 Å². The lowest BCUT2D eigenvalue weighted by molar-refractivity contribution is 0.0951. The fraction of sp³-hybridized carbons (Fsp3) is 0.160. The van der Waals surface area contributed by atoms with Gasteiger partial charge in [-0.25, -0.2) is 4.98 Å². The fourth-order valence-electron chi connectivity index (χ4n) is 3.56. The number of carbonyl (C=O) groups is 1. The standard InChI is InChI=1S/C25H23N3O2/c1-17(19-8-4-3-5-9-19)16-26-24(29)20-12-14-21(15-13-20)28-18(2)27-23-11-7-6-10-22(23)25(28)30/h3-15,17H,16H2,1-2H3,(H,26,29)/t17-/m1/s1. The maximum absolute atomic E-state index is 12.9. The molecule has 4 rings (SSSR count). The molecule has 0 radical (unpaired) electrons. The molecule has 1 amide bonds. The highest BCUT2D eigenvalue weighted by atomic mass is 16.1. The summed E-state index contributed by atoms with van der Waals surface area (Å²) in [7, 11) is 0. The smallest absolute Gasteiger partial charge is 0.265 e. The number of nitrogens with one attached hydrogen (secondary N) is 1. The maximum atomic E-state index is 12.9. The SMILES string of the molecule is Cc1nc2ccccc2c(=O)n1-c1ccc(C(=O)NC[C@@H](C)c2ccccc2)cc1. The van der Waals surface area contributed by atoms with Crippen LogP contribution in [0.3, 0.4) is 0 Å². The topological polar surface area (TPSA) is 64.0 Å². The van der Waals surface area contributed by atoms with Crippen molar-refractivity contribution in [2.24, 2.45) is 0 Å². The first-order chi connectivity index (χ1) is 14.5. The van der Waals surface area contributed by atoms with Gasteiger partial charge in [-0.2, -0.15) is 0 Å². The molecule has 1 atom stereocenters. The Balaban J connectivity index is 1.53. The van der Waals surface area contributed by atoms with Crippen molar-refractivity contribution >= 4 is 16.8 Å². The summed E-state index contributed by atoms with van der Waals surface area (Å²) in [5.74, 6) is 0.692. The van der Waals surface area contributed by atoms with E-state index in [4.69, 9.17) is 0 Å². The van der Waals surface area contributed by atoms with E-state index in [0.29, 0.717) is 34.5 Å². The second-order valence-corrected chi connectivity index (χ2v) is 7.39. The third-order valence-corrected chi connectivity index (χ3v) is 5.27. The molecular weight excluding hydrogens is 374 g/mol. The lowest BCUT2D eigenvalue weighted by atomic mass is 10.0. The summed E-state index contributed by atoms with van der Waals surface area (Å²) >= 11 is 0. The van der Waals surface area contributed by atoms with E-state index in [0.717, 1.165) is 0 Å². The van der Waals surface area contributed by atoms with Gasteiger partial charge in [0.2, 0.25) is 0 Å². The van der Waals surface area contributed by atoms with Crippen LogP contribution in [0.4, 0.5) is 0 Å². The summed E-state index contributed by atoms with van der Waals surface area (Å²) in [5.41, 5.74) is 2.99. The number of nitrogens with zero attached hydrogens (tertiary/aromatic N) is 2. The largest absolute Gasteiger partial charge is 0.351 e. The maximum Gasteiger partial charge on any atom is 0.265 e. The highest BCUT2D eigenvalue weighted by molar-refractivity contribution is 5.94. The molecule has 4 aromatic rings. The fourth-order valence-corrected chi connectivity index (χ4v) is 3.56. The van der Waals surface area contributed by atoms with Crippen molar-refractivity contribution in [3.05, 3.63) is 106 Å². The van der Waals surface area contributed by atoms with Crippen LogP contribution in [0.25, 0.3) is 16.6 Å². The first kappa shape index (κ1) is 19.6. The first-order valence-electron chi connectivity index (χ1n) is 9.96. The van der Waals surface area contributed by atoms with E-state index in [1.54, 1.807) is 41.8 Å². The van der Waals surface area contributed by atoms with Crippen molar-refractivity contribution in [1.29, 1.82) is 0 Å². The Bertz CT molecular complexity index is 1250. The van der Waals surface area contributed by atoms with E-state index in [1.165, 1.54) is 5.56 Å². The molecule has 0 saturated carbocycles. The molecule has 3 aromatic carbocycles. The molecule has 150 valence electrons. The van der Waals surface area contributed by atoms with E-state index < -0.39 is 0 Å². The minimum atomic E-state index is -0.134. The van der Waals surface area contributed by atoms with Crippen molar-refractivity contribution in [3.8, 4) is 5.69 Å². The van der Waals surface area contributed by atoms with Crippen LogP contribution in [0, 0.1) is 6.92 Å². The number of carbonyl (C=O) groups excluding carboxylic acids is 1. The zero-order chi connectivity index (χ0) is 21.1. The lowest BCUT2D eigenvalue weighted by Gasteiger charge is -2.14. The normalized spacial score (nSPS) is 11.9. The van der Waals surface area contributed by atoms with Crippen LogP contribution in [0.15, 0.2) is 83.7 Å². The average Bonchev–Trinajstić information content (AvgIpc) is 2.78. The molecule has 0 spiro atoms. The molecule has 0 fully saturated rings. The number of hydrogen-bond donors (Lipinski definition) is 1. The van der Waals surface area contributed by atoms with Gasteiger partial charge < -0.3 is 5.32 Å². The molecule has 1 N–H and O–H groups in total. The third-order valence-electron chi connectivity index (χ3n) is 5.27. The predicted molar refractivity (Wildman–Crippen MR) is 119 cm³/mol. The van der Waals surface area contributed by atoms with Crippen LogP contribution in [0.5, 0.6) is 0 Å². The molecule has 0 unspecified atom stereocenters. The highest BCUT2D eigenvalue weighted by Gasteiger charge is 2.12. The van der Waals surface area contributed by atoms with Crippen LogP contribution >= 0.6 is 0 Å². The monoisotopic (exact) mass is 397 g/mol. The Hall–Kier alpha value is -3.73. The van der Waals surface area contributed by atoms with Gasteiger partial charge in [-0.3, -0.25) is 14.2 Å². The van der Waals surface area contributed by atoms with E-state index >= 15 is 0 Å². The minimum Gasteiger partial charge on any atom is -0.351 e. The number of amides is 1. The predicted octanol–water partition coefficient (Wildman–Crippen LogP) is 4.23. The second kappa shape index (κ2) is 8.33. The quantitative estimate of drug-likeness (QED) is 0.548. The van der Waals surface area contributed by atoms with Gasteiger partial charge in [-0.1, -0.05) is 49.4 Å². The third kappa shape index (κ3) is 3.87. The van der Waals surface area contributed by atoms with Gasteiger partial charge in [-0.05, 0) is 54.8 Å². The Kier molecular flexibility index (Phi) is 5.44. The number of aromatic nitrogens is 2. The van der Waals surface area contributed by atoms with Gasteiger partial charge in [-0.15, -0.1) is 0 Å². The van der Waals surface area contributed by atoms with Gasteiger partial charge in [0.25, 0.3) is 11.5 Å². The van der Waals surface area contributed by atoms with Crippen molar-refractivity contribution in [2.45, 2.75) is 19.8 Å². The van der Waals surface area contributed by atoms with Crippen LogP contribution in [-0.2, 0) is 0 Å². The number of hydrogen-bond acceptors (Lipinski definition) is 3. The summed E-state index contributed by atoms with van der Waals surface area (Å²) in [5, 5.41) is 3.55. The number of fused-ring (bicyclic) bond motifs is 1. The summed E-state index contributed by atoms with van der Waals surface area (Å²) in [6.07, 6.45) is 0. The van der Waals surface area contributed by atoms with Crippen LogP contribution in [-0.4, -0.2) is 22.0 Å². The van der Waals surface area contributed by atoms with Crippen molar-refractivity contribution < 1.29 is 4.79 Å². The summed E-state index contributed by atoms with van der Waals surface area (Å²) in [6.45, 7) is 4.44. The Labute approximate surface area is 175 Å². The number of aryl methyl sites for hydroxylation is 1. The molecule has 0 aliphatic rings. The van der Waals surface area contributed by atoms with Crippen molar-refractivity contribution in [1.82, 2.24) is 14.9 Å². The van der Waals surface area contributed by atoms with E-state index in [-0.39, 0.29) is 17.4 Å². The van der Waals surface area contributed by atoms with Crippen LogP contribution in [0.1, 0.15) is 34.6 Å². The average molecular weight is 397 g/mol. The molecule has 0 aliphatic heterocycles. The van der Waals surface area contributed by atoms with Gasteiger partial charge in [0.15, 0.2) is 0 Å². The molecule has 5 heteroatoms. The Morgan fingerprint density at radius 2 is 1.63 bits per heavy atom. The summed E-state index contributed by atoms with van der Waals surface area (Å²) in [4.78, 5) is 30.0. The van der Waals surface area contributed by atoms with Gasteiger partial charge >= 0.3 is 0 Å². The molecule has 0 bridgehead atoms.